The highest BCUT2D eigenvalue weighted by molar-refractivity contribution is 6.10. The van der Waals surface area contributed by atoms with Gasteiger partial charge in [0, 0.05) is 11.1 Å². The number of benzene rings is 2. The van der Waals surface area contributed by atoms with Crippen LogP contribution in [0.2, 0.25) is 0 Å². The van der Waals surface area contributed by atoms with Gasteiger partial charge in [0.05, 0.1) is 22.2 Å². The molecule has 27 heavy (non-hydrogen) atoms. The quantitative estimate of drug-likeness (QED) is 0.585. The van der Waals surface area contributed by atoms with E-state index in [9.17, 15) is 9.18 Å². The highest BCUT2D eigenvalue weighted by atomic mass is 19.1. The van der Waals surface area contributed by atoms with Crippen LogP contribution >= 0.6 is 0 Å². The zero-order chi connectivity index (χ0) is 19.0. The molecule has 0 bridgehead atoms. The lowest BCUT2D eigenvalue weighted by Crippen LogP contribution is -2.12. The summed E-state index contributed by atoms with van der Waals surface area (Å²) in [4.78, 5) is 16.6. The van der Waals surface area contributed by atoms with Gasteiger partial charge in [-0.25, -0.2) is 9.37 Å². The zero-order valence-electron chi connectivity index (χ0n) is 13.9. The van der Waals surface area contributed by atoms with E-state index in [4.69, 9.17) is 11.0 Å². The van der Waals surface area contributed by atoms with Crippen molar-refractivity contribution < 1.29 is 9.18 Å². The Morgan fingerprint density at radius 2 is 1.89 bits per heavy atom. The number of hydrogen-bond donors (Lipinski definition) is 2. The second-order valence-electron chi connectivity index (χ2n) is 5.89. The molecule has 130 valence electrons. The molecule has 0 saturated heterocycles. The maximum absolute atomic E-state index is 13.6. The molecule has 0 fully saturated rings. The fourth-order valence-electron chi connectivity index (χ4n) is 2.95. The van der Waals surface area contributed by atoms with Crippen molar-refractivity contribution in [2.24, 2.45) is 5.73 Å². The summed E-state index contributed by atoms with van der Waals surface area (Å²) in [6.07, 6.45) is 0. The first-order chi connectivity index (χ1) is 13.1. The molecule has 4 rings (SSSR count). The van der Waals surface area contributed by atoms with Gasteiger partial charge in [-0.15, -0.1) is 0 Å². The molecule has 0 unspecified atom stereocenters. The fourth-order valence-corrected chi connectivity index (χ4v) is 2.95. The summed E-state index contributed by atoms with van der Waals surface area (Å²) >= 11 is 0. The molecule has 4 aromatic rings. The Hall–Kier alpha value is -4.05. The number of halogens is 1. The summed E-state index contributed by atoms with van der Waals surface area (Å²) in [6.45, 7) is 0. The Morgan fingerprint density at radius 3 is 2.59 bits per heavy atom. The number of nitrogens with one attached hydrogen (secondary N) is 1. The van der Waals surface area contributed by atoms with Crippen molar-refractivity contribution in [1.82, 2.24) is 15.2 Å². The third kappa shape index (κ3) is 2.79. The minimum absolute atomic E-state index is 0.107. The van der Waals surface area contributed by atoms with Crippen molar-refractivity contribution in [3.8, 4) is 28.6 Å². The first kappa shape index (κ1) is 16.4. The van der Waals surface area contributed by atoms with Crippen LogP contribution in [-0.4, -0.2) is 21.1 Å². The van der Waals surface area contributed by atoms with E-state index in [2.05, 4.69) is 15.2 Å². The van der Waals surface area contributed by atoms with Gasteiger partial charge in [0.2, 0.25) is 5.91 Å². The maximum atomic E-state index is 13.6. The van der Waals surface area contributed by atoms with Crippen LogP contribution in [0, 0.1) is 17.1 Å². The number of H-pyrrole nitrogens is 1. The number of hydrogen-bond acceptors (Lipinski definition) is 4. The van der Waals surface area contributed by atoms with Gasteiger partial charge < -0.3 is 5.73 Å². The second-order valence-corrected chi connectivity index (χ2v) is 5.89. The maximum Gasteiger partial charge on any atom is 0.249 e. The van der Waals surface area contributed by atoms with Gasteiger partial charge >= 0.3 is 0 Å². The highest BCUT2D eigenvalue weighted by Crippen LogP contribution is 2.31. The minimum atomic E-state index is -0.634. The second kappa shape index (κ2) is 6.35. The number of rotatable bonds is 3. The summed E-state index contributed by atoms with van der Waals surface area (Å²) in [6, 6.07) is 16.7. The van der Waals surface area contributed by atoms with Crippen molar-refractivity contribution >= 4 is 16.9 Å². The third-order valence-corrected chi connectivity index (χ3v) is 4.23. The molecule has 0 aliphatic heterocycles. The molecule has 0 radical (unpaired) electrons. The van der Waals surface area contributed by atoms with Gasteiger partial charge in [0.1, 0.15) is 17.6 Å². The number of nitrogens with zero attached hydrogens (tertiary/aromatic N) is 3. The van der Waals surface area contributed by atoms with Crippen LogP contribution in [0.1, 0.15) is 15.9 Å². The SMILES string of the molecule is N#Cc1cc(-c2cc(C(N)=O)c3c(-c4ccccc4)n[nH]c3n2)ccc1F. The van der Waals surface area contributed by atoms with Crippen LogP contribution in [0.25, 0.3) is 33.5 Å². The van der Waals surface area contributed by atoms with E-state index in [1.165, 1.54) is 24.3 Å². The Balaban J connectivity index is 1.97. The molecule has 2 aromatic heterocycles. The van der Waals surface area contributed by atoms with Gasteiger partial charge in [-0.3, -0.25) is 9.89 Å². The highest BCUT2D eigenvalue weighted by Gasteiger charge is 2.19. The van der Waals surface area contributed by atoms with Crippen molar-refractivity contribution in [2.75, 3.05) is 0 Å². The molecule has 2 aromatic carbocycles. The number of aromatic nitrogens is 3. The Morgan fingerprint density at radius 1 is 1.11 bits per heavy atom. The molecule has 0 saturated carbocycles. The lowest BCUT2D eigenvalue weighted by Gasteiger charge is -2.07. The molecule has 0 spiro atoms. The summed E-state index contributed by atoms with van der Waals surface area (Å²) in [5.41, 5.74) is 8.36. The number of nitriles is 1. The molecular formula is C20H12FN5O. The average molecular weight is 357 g/mol. The van der Waals surface area contributed by atoms with Gasteiger partial charge in [-0.1, -0.05) is 30.3 Å². The van der Waals surface area contributed by atoms with Gasteiger partial charge in [-0.05, 0) is 24.3 Å². The molecule has 6 nitrogen and oxygen atoms in total. The Labute approximate surface area is 153 Å². The summed E-state index contributed by atoms with van der Waals surface area (Å²) < 4.78 is 13.6. The normalized spacial score (nSPS) is 10.7. The molecule has 1 amide bonds. The lowest BCUT2D eigenvalue weighted by atomic mass is 10.0. The van der Waals surface area contributed by atoms with Crippen LogP contribution in [0.5, 0.6) is 0 Å². The number of amides is 1. The van der Waals surface area contributed by atoms with Crippen molar-refractivity contribution in [3.05, 3.63) is 71.5 Å². The Kier molecular flexibility index (Phi) is 3.86. The van der Waals surface area contributed by atoms with E-state index < -0.39 is 11.7 Å². The molecule has 0 aliphatic rings. The van der Waals surface area contributed by atoms with E-state index in [1.807, 2.05) is 30.3 Å². The molecule has 0 aliphatic carbocycles. The predicted octanol–water partition coefficient (Wildman–Crippen LogP) is 3.40. The van der Waals surface area contributed by atoms with Gasteiger partial charge in [0.25, 0.3) is 0 Å². The first-order valence-corrected chi connectivity index (χ1v) is 8.03. The molecule has 2 heterocycles. The predicted molar refractivity (Wildman–Crippen MR) is 98.0 cm³/mol. The largest absolute Gasteiger partial charge is 0.366 e. The van der Waals surface area contributed by atoms with Crippen LogP contribution in [0.15, 0.2) is 54.6 Å². The summed E-state index contributed by atoms with van der Waals surface area (Å²) in [5.74, 6) is -1.25. The smallest absolute Gasteiger partial charge is 0.249 e. The van der Waals surface area contributed by atoms with E-state index >= 15 is 0 Å². The topological polar surface area (TPSA) is 108 Å². The van der Waals surface area contributed by atoms with Crippen LogP contribution in [0.3, 0.4) is 0 Å². The van der Waals surface area contributed by atoms with E-state index in [0.717, 1.165) is 5.56 Å². The summed E-state index contributed by atoms with van der Waals surface area (Å²) in [5, 5.41) is 16.7. The number of primary amides is 1. The van der Waals surface area contributed by atoms with Crippen molar-refractivity contribution in [3.63, 3.8) is 0 Å². The van der Waals surface area contributed by atoms with Gasteiger partial charge in [0.15, 0.2) is 5.65 Å². The number of carbonyl (C=O) groups excluding carboxylic acids is 1. The molecule has 7 heteroatoms. The number of fused-ring (bicyclic) bond motifs is 1. The monoisotopic (exact) mass is 357 g/mol. The molecule has 0 atom stereocenters. The van der Waals surface area contributed by atoms with Crippen molar-refractivity contribution in [1.29, 1.82) is 5.26 Å². The van der Waals surface area contributed by atoms with Crippen LogP contribution < -0.4 is 5.73 Å². The molecule has 3 N–H and O–H groups in total. The average Bonchev–Trinajstić information content (AvgIpc) is 3.12. The third-order valence-electron chi connectivity index (χ3n) is 4.23. The van der Waals surface area contributed by atoms with E-state index in [0.29, 0.717) is 28.0 Å². The first-order valence-electron chi connectivity index (χ1n) is 8.03. The van der Waals surface area contributed by atoms with E-state index in [-0.39, 0.29) is 11.1 Å². The zero-order valence-corrected chi connectivity index (χ0v) is 13.9. The molecular weight excluding hydrogens is 345 g/mol. The minimum Gasteiger partial charge on any atom is -0.366 e. The standard InChI is InChI=1S/C20H12FN5O/c21-15-7-6-12(8-13(15)10-22)16-9-14(19(23)27)17-18(25-26-20(17)24-16)11-4-2-1-3-5-11/h1-9H,(H2,23,27)(H,24,25,26). The number of carbonyl (C=O) groups is 1. The number of nitrogens with two attached hydrogens (primary N) is 1. The van der Waals surface area contributed by atoms with E-state index in [1.54, 1.807) is 6.07 Å². The fraction of sp³-hybridized carbons (Fsp3) is 0. The lowest BCUT2D eigenvalue weighted by molar-refractivity contribution is 0.100. The van der Waals surface area contributed by atoms with Gasteiger partial charge in [-0.2, -0.15) is 10.4 Å². The van der Waals surface area contributed by atoms with Crippen LogP contribution in [-0.2, 0) is 0 Å². The Bertz CT molecular complexity index is 1220. The van der Waals surface area contributed by atoms with Crippen LogP contribution in [0.4, 0.5) is 4.39 Å². The number of pyridine rings is 1. The summed E-state index contributed by atoms with van der Waals surface area (Å²) in [7, 11) is 0. The van der Waals surface area contributed by atoms with Crippen molar-refractivity contribution in [2.45, 2.75) is 0 Å². The number of aromatic amines is 1.